The van der Waals surface area contributed by atoms with Gasteiger partial charge in [0.15, 0.2) is 5.75 Å². The van der Waals surface area contributed by atoms with Crippen molar-refractivity contribution in [2.75, 3.05) is 0 Å². The fourth-order valence-corrected chi connectivity index (χ4v) is 2.93. The average molecular weight is 410 g/mol. The summed E-state index contributed by atoms with van der Waals surface area (Å²) in [4.78, 5) is 11.2. The van der Waals surface area contributed by atoms with Gasteiger partial charge in [0, 0.05) is 20.1 Å². The van der Waals surface area contributed by atoms with Crippen LogP contribution >= 0.6 is 50.7 Å². The summed E-state index contributed by atoms with van der Waals surface area (Å²) in [6.45, 7) is 0.0910. The third-order valence-corrected chi connectivity index (χ3v) is 3.97. The van der Waals surface area contributed by atoms with E-state index in [0.717, 1.165) is 4.47 Å². The molecular formula is C14H8BrCl3O3. The lowest BCUT2D eigenvalue weighted by atomic mass is 10.2. The van der Waals surface area contributed by atoms with Gasteiger partial charge in [0.05, 0.1) is 5.02 Å². The molecule has 1 N–H and O–H groups in total. The zero-order chi connectivity index (χ0) is 15.6. The predicted octanol–water partition coefficient (Wildman–Crippen LogP) is 5.69. The highest BCUT2D eigenvalue weighted by atomic mass is 79.9. The van der Waals surface area contributed by atoms with Crippen LogP contribution in [0.1, 0.15) is 15.9 Å². The van der Waals surface area contributed by atoms with Gasteiger partial charge < -0.3 is 9.84 Å². The van der Waals surface area contributed by atoms with Crippen LogP contribution in [-0.2, 0) is 6.61 Å². The number of rotatable bonds is 4. The van der Waals surface area contributed by atoms with Gasteiger partial charge in [0.1, 0.15) is 12.2 Å². The summed E-state index contributed by atoms with van der Waals surface area (Å²) in [7, 11) is 0. The summed E-state index contributed by atoms with van der Waals surface area (Å²) < 4.78 is 6.36. The van der Waals surface area contributed by atoms with Gasteiger partial charge in [-0.25, -0.2) is 4.79 Å². The number of carboxylic acids is 1. The molecular weight excluding hydrogens is 402 g/mol. The molecule has 0 fully saturated rings. The third kappa shape index (κ3) is 4.04. The predicted molar refractivity (Wildman–Crippen MR) is 86.9 cm³/mol. The summed E-state index contributed by atoms with van der Waals surface area (Å²) in [6, 6.07) is 8.02. The molecule has 0 atom stereocenters. The lowest BCUT2D eigenvalue weighted by Crippen LogP contribution is -2.04. The molecule has 0 spiro atoms. The molecule has 2 aromatic carbocycles. The van der Waals surface area contributed by atoms with E-state index in [0.29, 0.717) is 10.6 Å². The fourth-order valence-electron chi connectivity index (χ4n) is 1.65. The van der Waals surface area contributed by atoms with E-state index < -0.39 is 5.97 Å². The second-order valence-corrected chi connectivity index (χ2v) is 6.26. The van der Waals surface area contributed by atoms with Gasteiger partial charge >= 0.3 is 5.97 Å². The number of ether oxygens (including phenoxy) is 1. The van der Waals surface area contributed by atoms with Crippen LogP contribution in [0.2, 0.25) is 15.1 Å². The van der Waals surface area contributed by atoms with Gasteiger partial charge in [0.25, 0.3) is 0 Å². The van der Waals surface area contributed by atoms with E-state index in [1.54, 1.807) is 12.1 Å². The van der Waals surface area contributed by atoms with Gasteiger partial charge in [-0.05, 0) is 24.3 Å². The van der Waals surface area contributed by atoms with Crippen molar-refractivity contribution in [2.45, 2.75) is 6.61 Å². The number of benzene rings is 2. The SMILES string of the molecule is O=C(O)c1cc(Cl)cc(Cl)c1OCc1ccc(Br)cc1Cl. The molecule has 0 heterocycles. The fraction of sp³-hybridized carbons (Fsp3) is 0.0714. The van der Waals surface area contributed by atoms with Crippen molar-refractivity contribution in [1.29, 1.82) is 0 Å². The minimum Gasteiger partial charge on any atom is -0.486 e. The molecule has 0 bridgehead atoms. The van der Waals surface area contributed by atoms with Gasteiger partial charge in [-0.2, -0.15) is 0 Å². The van der Waals surface area contributed by atoms with Crippen molar-refractivity contribution in [1.82, 2.24) is 0 Å². The summed E-state index contributed by atoms with van der Waals surface area (Å²) >= 11 is 21.2. The summed E-state index contributed by atoms with van der Waals surface area (Å²) in [6.07, 6.45) is 0. The Hall–Kier alpha value is -0.940. The number of carbonyl (C=O) groups is 1. The zero-order valence-electron chi connectivity index (χ0n) is 10.4. The Labute approximate surface area is 144 Å². The van der Waals surface area contributed by atoms with Crippen LogP contribution in [0.15, 0.2) is 34.8 Å². The summed E-state index contributed by atoms with van der Waals surface area (Å²) in [5.74, 6) is -1.11. The molecule has 0 aromatic heterocycles. The minimum absolute atomic E-state index is 0.0625. The van der Waals surface area contributed by atoms with Crippen LogP contribution in [0.4, 0.5) is 0 Å². The van der Waals surface area contributed by atoms with Gasteiger partial charge in [-0.3, -0.25) is 0 Å². The van der Waals surface area contributed by atoms with Crippen LogP contribution in [0, 0.1) is 0 Å². The largest absolute Gasteiger partial charge is 0.486 e. The average Bonchev–Trinajstić information content (AvgIpc) is 2.38. The highest BCUT2D eigenvalue weighted by Gasteiger charge is 2.17. The molecule has 0 unspecified atom stereocenters. The lowest BCUT2D eigenvalue weighted by molar-refractivity contribution is 0.0692. The molecule has 110 valence electrons. The van der Waals surface area contributed by atoms with Crippen LogP contribution < -0.4 is 4.74 Å². The Morgan fingerprint density at radius 1 is 1.14 bits per heavy atom. The van der Waals surface area contributed by atoms with E-state index in [2.05, 4.69) is 15.9 Å². The maximum Gasteiger partial charge on any atom is 0.339 e. The van der Waals surface area contributed by atoms with Crippen molar-refractivity contribution in [2.24, 2.45) is 0 Å². The number of hydrogen-bond acceptors (Lipinski definition) is 2. The van der Waals surface area contributed by atoms with Crippen LogP contribution in [0.5, 0.6) is 5.75 Å². The molecule has 7 heteroatoms. The molecule has 0 amide bonds. The molecule has 3 nitrogen and oxygen atoms in total. The van der Waals surface area contributed by atoms with Gasteiger partial charge in [0.2, 0.25) is 0 Å². The molecule has 0 aliphatic carbocycles. The Balaban J connectivity index is 2.29. The Kier molecular flexibility index (Phi) is 5.38. The number of aromatic carboxylic acids is 1. The van der Waals surface area contributed by atoms with Crippen molar-refractivity contribution in [3.63, 3.8) is 0 Å². The first kappa shape index (κ1) is 16.4. The second-order valence-electron chi connectivity index (χ2n) is 4.09. The zero-order valence-corrected chi connectivity index (χ0v) is 14.2. The van der Waals surface area contributed by atoms with Crippen molar-refractivity contribution in [3.8, 4) is 5.75 Å². The smallest absolute Gasteiger partial charge is 0.339 e. The Bertz CT molecular complexity index is 704. The highest BCUT2D eigenvalue weighted by Crippen LogP contribution is 2.33. The van der Waals surface area contributed by atoms with Gasteiger partial charge in [-0.15, -0.1) is 0 Å². The first-order valence-electron chi connectivity index (χ1n) is 5.67. The first-order chi connectivity index (χ1) is 9.88. The topological polar surface area (TPSA) is 46.5 Å². The monoisotopic (exact) mass is 408 g/mol. The maximum atomic E-state index is 11.2. The number of halogens is 4. The molecule has 0 saturated heterocycles. The van der Waals surface area contributed by atoms with Gasteiger partial charge in [-0.1, -0.05) is 56.8 Å². The molecule has 21 heavy (non-hydrogen) atoms. The summed E-state index contributed by atoms with van der Waals surface area (Å²) in [5, 5.41) is 10.0. The van der Waals surface area contributed by atoms with Crippen molar-refractivity contribution < 1.29 is 14.6 Å². The van der Waals surface area contributed by atoms with Crippen LogP contribution in [0.25, 0.3) is 0 Å². The van der Waals surface area contributed by atoms with E-state index >= 15 is 0 Å². The van der Waals surface area contributed by atoms with E-state index in [9.17, 15) is 9.90 Å². The Morgan fingerprint density at radius 2 is 1.86 bits per heavy atom. The molecule has 2 aromatic rings. The number of hydrogen-bond donors (Lipinski definition) is 1. The third-order valence-electron chi connectivity index (χ3n) is 2.63. The quantitative estimate of drug-likeness (QED) is 0.705. The first-order valence-corrected chi connectivity index (χ1v) is 7.60. The number of carboxylic acid groups (broad SMARTS) is 1. The normalized spacial score (nSPS) is 10.5. The van der Waals surface area contributed by atoms with E-state index in [4.69, 9.17) is 39.5 Å². The molecule has 0 aliphatic rings. The molecule has 0 aliphatic heterocycles. The van der Waals surface area contributed by atoms with E-state index in [1.165, 1.54) is 12.1 Å². The van der Waals surface area contributed by atoms with Crippen LogP contribution in [0.3, 0.4) is 0 Å². The maximum absolute atomic E-state index is 11.2. The second kappa shape index (κ2) is 6.88. The lowest BCUT2D eigenvalue weighted by Gasteiger charge is -2.12. The summed E-state index contributed by atoms with van der Waals surface area (Å²) in [5.41, 5.74) is 0.614. The van der Waals surface area contributed by atoms with Crippen LogP contribution in [-0.4, -0.2) is 11.1 Å². The molecule has 2 rings (SSSR count). The Morgan fingerprint density at radius 3 is 2.48 bits per heavy atom. The van der Waals surface area contributed by atoms with Crippen molar-refractivity contribution in [3.05, 3.63) is 61.0 Å². The molecule has 0 saturated carbocycles. The van der Waals surface area contributed by atoms with E-state index in [1.807, 2.05) is 6.07 Å². The minimum atomic E-state index is -1.17. The standard InChI is InChI=1S/C14H8BrCl3O3/c15-8-2-1-7(11(17)3-8)6-21-13-10(14(19)20)4-9(16)5-12(13)18/h1-5H,6H2,(H,19,20). The van der Waals surface area contributed by atoms with Crippen molar-refractivity contribution >= 4 is 56.7 Å². The molecule has 0 radical (unpaired) electrons. The highest BCUT2D eigenvalue weighted by molar-refractivity contribution is 9.10. The van der Waals surface area contributed by atoms with E-state index in [-0.39, 0.29) is 28.0 Å².